The number of benzene rings is 1. The summed E-state index contributed by atoms with van der Waals surface area (Å²) >= 11 is 0. The van der Waals surface area contributed by atoms with E-state index >= 15 is 0 Å². The Labute approximate surface area is 144 Å². The van der Waals surface area contributed by atoms with Crippen molar-refractivity contribution >= 4 is 22.9 Å². The molecule has 0 aliphatic heterocycles. The lowest BCUT2D eigenvalue weighted by Gasteiger charge is -2.07. The van der Waals surface area contributed by atoms with Gasteiger partial charge in [0.05, 0.1) is 11.7 Å². The van der Waals surface area contributed by atoms with Crippen molar-refractivity contribution in [2.75, 3.05) is 5.43 Å². The standard InChI is InChI=1S/C19H14N6/c1-2-8-17-16(7-1)19(25-22-12-14-5-3-9-20-11-14)24-18(23-17)15-6-4-10-21-13-15/h1-13H,(H,23,24,25)/b22-12+. The first kappa shape index (κ1) is 14.9. The smallest absolute Gasteiger partial charge is 0.163 e. The largest absolute Gasteiger partial charge is 0.264 e. The van der Waals surface area contributed by atoms with Crippen LogP contribution in [0, 0.1) is 0 Å². The number of fused-ring (bicyclic) bond motifs is 1. The lowest BCUT2D eigenvalue weighted by Crippen LogP contribution is -1.99. The molecule has 0 aliphatic rings. The molecule has 0 radical (unpaired) electrons. The number of aromatic nitrogens is 4. The zero-order valence-corrected chi connectivity index (χ0v) is 13.2. The molecule has 1 N–H and O–H groups in total. The summed E-state index contributed by atoms with van der Waals surface area (Å²) in [7, 11) is 0. The third-order valence-electron chi connectivity index (χ3n) is 3.59. The highest BCUT2D eigenvalue weighted by Crippen LogP contribution is 2.24. The van der Waals surface area contributed by atoms with Crippen molar-refractivity contribution in [1.82, 2.24) is 19.9 Å². The van der Waals surface area contributed by atoms with Crippen molar-refractivity contribution in [2.45, 2.75) is 0 Å². The minimum absolute atomic E-state index is 0.603. The first-order valence-electron chi connectivity index (χ1n) is 7.76. The quantitative estimate of drug-likeness (QED) is 0.458. The summed E-state index contributed by atoms with van der Waals surface area (Å²) in [6.07, 6.45) is 8.63. The summed E-state index contributed by atoms with van der Waals surface area (Å²) in [4.78, 5) is 17.4. The van der Waals surface area contributed by atoms with Gasteiger partial charge in [-0.15, -0.1) is 0 Å². The molecule has 25 heavy (non-hydrogen) atoms. The fraction of sp³-hybridized carbons (Fsp3) is 0. The second kappa shape index (κ2) is 6.84. The minimum Gasteiger partial charge on any atom is -0.264 e. The molecule has 3 aromatic heterocycles. The average molecular weight is 326 g/mol. The van der Waals surface area contributed by atoms with E-state index in [9.17, 15) is 0 Å². The monoisotopic (exact) mass is 326 g/mol. The molecule has 0 atom stereocenters. The minimum atomic E-state index is 0.603. The van der Waals surface area contributed by atoms with Crippen molar-refractivity contribution in [3.8, 4) is 11.4 Å². The van der Waals surface area contributed by atoms with Crippen LogP contribution in [0.5, 0.6) is 0 Å². The molecule has 0 saturated heterocycles. The number of hydrogen-bond donors (Lipinski definition) is 1. The van der Waals surface area contributed by atoms with Gasteiger partial charge in [0.1, 0.15) is 0 Å². The molecule has 0 spiro atoms. The van der Waals surface area contributed by atoms with Crippen molar-refractivity contribution in [3.63, 3.8) is 0 Å². The van der Waals surface area contributed by atoms with Crippen LogP contribution in [-0.4, -0.2) is 26.2 Å². The number of pyridine rings is 2. The van der Waals surface area contributed by atoms with Crippen LogP contribution in [0.2, 0.25) is 0 Å². The molecule has 6 heteroatoms. The summed E-state index contributed by atoms with van der Waals surface area (Å²) in [6, 6.07) is 15.4. The van der Waals surface area contributed by atoms with Gasteiger partial charge in [-0.2, -0.15) is 5.10 Å². The molecule has 3 heterocycles. The molecule has 120 valence electrons. The molecular formula is C19H14N6. The van der Waals surface area contributed by atoms with Gasteiger partial charge in [0, 0.05) is 41.3 Å². The maximum Gasteiger partial charge on any atom is 0.163 e. The first-order valence-corrected chi connectivity index (χ1v) is 7.76. The molecular weight excluding hydrogens is 312 g/mol. The van der Waals surface area contributed by atoms with Crippen molar-refractivity contribution in [1.29, 1.82) is 0 Å². The molecule has 0 saturated carbocycles. The van der Waals surface area contributed by atoms with E-state index in [1.165, 1.54) is 0 Å². The van der Waals surface area contributed by atoms with Crippen LogP contribution in [0.1, 0.15) is 5.56 Å². The third-order valence-corrected chi connectivity index (χ3v) is 3.59. The molecule has 0 unspecified atom stereocenters. The predicted octanol–water partition coefficient (Wildman–Crippen LogP) is 3.53. The summed E-state index contributed by atoms with van der Waals surface area (Å²) in [5.74, 6) is 1.25. The lowest BCUT2D eigenvalue weighted by atomic mass is 10.2. The summed E-state index contributed by atoms with van der Waals surface area (Å²) < 4.78 is 0. The van der Waals surface area contributed by atoms with Gasteiger partial charge in [-0.1, -0.05) is 18.2 Å². The van der Waals surface area contributed by atoms with Gasteiger partial charge >= 0.3 is 0 Å². The maximum atomic E-state index is 4.62. The van der Waals surface area contributed by atoms with E-state index in [4.69, 9.17) is 0 Å². The summed E-state index contributed by atoms with van der Waals surface area (Å²) in [6.45, 7) is 0. The number of nitrogens with one attached hydrogen (secondary N) is 1. The molecule has 0 aliphatic carbocycles. The zero-order chi connectivity index (χ0) is 16.9. The highest BCUT2D eigenvalue weighted by Gasteiger charge is 2.08. The van der Waals surface area contributed by atoms with Crippen molar-refractivity contribution in [2.24, 2.45) is 5.10 Å². The SMILES string of the molecule is C(=N\Nc1nc(-c2cccnc2)nc2ccccc12)/c1cccnc1. The number of rotatable bonds is 4. The highest BCUT2D eigenvalue weighted by molar-refractivity contribution is 5.91. The fourth-order valence-corrected chi connectivity index (χ4v) is 2.41. The normalized spacial score (nSPS) is 11.0. The number of para-hydroxylation sites is 1. The fourth-order valence-electron chi connectivity index (χ4n) is 2.41. The van der Waals surface area contributed by atoms with Gasteiger partial charge in [0.2, 0.25) is 0 Å². The van der Waals surface area contributed by atoms with E-state index < -0.39 is 0 Å². The summed E-state index contributed by atoms with van der Waals surface area (Å²) in [5, 5.41) is 5.18. The Morgan fingerprint density at radius 2 is 1.68 bits per heavy atom. The van der Waals surface area contributed by atoms with Gasteiger partial charge in [0.15, 0.2) is 11.6 Å². The maximum absolute atomic E-state index is 4.62. The number of hydrazone groups is 1. The molecule has 4 aromatic rings. The number of nitrogens with zero attached hydrogens (tertiary/aromatic N) is 5. The second-order valence-corrected chi connectivity index (χ2v) is 5.31. The Balaban J connectivity index is 1.73. The van der Waals surface area contributed by atoms with E-state index in [-0.39, 0.29) is 0 Å². The van der Waals surface area contributed by atoms with Crippen molar-refractivity contribution < 1.29 is 0 Å². The van der Waals surface area contributed by atoms with Crippen LogP contribution in [0.25, 0.3) is 22.3 Å². The zero-order valence-electron chi connectivity index (χ0n) is 13.2. The van der Waals surface area contributed by atoms with Crippen LogP contribution in [-0.2, 0) is 0 Å². The van der Waals surface area contributed by atoms with Gasteiger partial charge in [-0.25, -0.2) is 9.97 Å². The van der Waals surface area contributed by atoms with E-state index in [1.54, 1.807) is 31.0 Å². The highest BCUT2D eigenvalue weighted by atomic mass is 15.3. The Bertz CT molecular complexity index is 1020. The molecule has 0 amide bonds. The molecule has 4 rings (SSSR count). The van der Waals surface area contributed by atoms with Crippen LogP contribution in [0.15, 0.2) is 78.4 Å². The van der Waals surface area contributed by atoms with Crippen molar-refractivity contribution in [3.05, 3.63) is 78.9 Å². The van der Waals surface area contributed by atoms with Crippen LogP contribution in [0.4, 0.5) is 5.82 Å². The molecule has 1 aromatic carbocycles. The number of anilines is 1. The molecule has 6 nitrogen and oxygen atoms in total. The average Bonchev–Trinajstić information content (AvgIpc) is 2.69. The van der Waals surface area contributed by atoms with E-state index in [2.05, 4.69) is 30.5 Å². The Hall–Kier alpha value is -3.67. The van der Waals surface area contributed by atoms with E-state index in [0.717, 1.165) is 22.0 Å². The first-order chi connectivity index (χ1) is 12.4. The van der Waals surface area contributed by atoms with Gasteiger partial charge in [0.25, 0.3) is 0 Å². The Morgan fingerprint density at radius 3 is 2.48 bits per heavy atom. The number of hydrogen-bond acceptors (Lipinski definition) is 6. The van der Waals surface area contributed by atoms with E-state index in [0.29, 0.717) is 11.6 Å². The molecule has 0 bridgehead atoms. The second-order valence-electron chi connectivity index (χ2n) is 5.31. The van der Waals surface area contributed by atoms with Gasteiger partial charge < -0.3 is 0 Å². The summed E-state index contributed by atoms with van der Waals surface area (Å²) in [5.41, 5.74) is 5.62. The Kier molecular flexibility index (Phi) is 4.07. The van der Waals surface area contributed by atoms with Crippen LogP contribution >= 0.6 is 0 Å². The van der Waals surface area contributed by atoms with Crippen LogP contribution in [0.3, 0.4) is 0 Å². The van der Waals surface area contributed by atoms with E-state index in [1.807, 2.05) is 48.5 Å². The van der Waals surface area contributed by atoms with Gasteiger partial charge in [-0.3, -0.25) is 15.4 Å². The third kappa shape index (κ3) is 3.32. The Morgan fingerprint density at radius 1 is 0.840 bits per heavy atom. The lowest BCUT2D eigenvalue weighted by molar-refractivity contribution is 1.18. The van der Waals surface area contributed by atoms with Gasteiger partial charge in [-0.05, 0) is 30.3 Å². The van der Waals surface area contributed by atoms with Crippen LogP contribution < -0.4 is 5.43 Å². The predicted molar refractivity (Wildman–Crippen MR) is 98.2 cm³/mol. The molecule has 0 fully saturated rings. The topological polar surface area (TPSA) is 76.0 Å².